The molecule has 0 unspecified atom stereocenters. The van der Waals surface area contributed by atoms with Crippen molar-refractivity contribution < 1.29 is 23.5 Å². The number of carbonyl (C=O) groups excluding carboxylic acids is 2. The van der Waals surface area contributed by atoms with Gasteiger partial charge >= 0.3 is 0 Å². The number of carbonyl (C=O) groups is 2. The molecule has 54 heavy (non-hydrogen) atoms. The van der Waals surface area contributed by atoms with Gasteiger partial charge in [-0.25, -0.2) is 0 Å². The number of amides is 2. The number of nitrogens with zero attached hydrogens (tertiary/aromatic N) is 6. The molecular weight excluding hydrogens is 725 g/mol. The molecule has 0 saturated carbocycles. The molecule has 3 aromatic carbocycles. The summed E-state index contributed by atoms with van der Waals surface area (Å²) >= 11 is 6.59. The average molecular weight is 772 g/mol. The molecule has 0 aliphatic carbocycles. The van der Waals surface area contributed by atoms with E-state index in [0.29, 0.717) is 48.0 Å². The Balaban J connectivity index is 1.06. The summed E-state index contributed by atoms with van der Waals surface area (Å²) in [5.41, 5.74) is 2.29. The smallest absolute Gasteiger partial charge is 0.264 e. The van der Waals surface area contributed by atoms with Crippen molar-refractivity contribution in [3.8, 4) is 0 Å². The van der Waals surface area contributed by atoms with Crippen LogP contribution < -0.4 is 20.0 Å². The summed E-state index contributed by atoms with van der Waals surface area (Å²) in [5.74, 6) is -0.578. The number of hydrogen-bond acceptors (Lipinski definition) is 8. The van der Waals surface area contributed by atoms with Crippen molar-refractivity contribution in [3.63, 3.8) is 0 Å². The van der Waals surface area contributed by atoms with E-state index in [2.05, 4.69) is 32.7 Å². The van der Waals surface area contributed by atoms with Crippen LogP contribution in [-0.2, 0) is 39.4 Å². The fourth-order valence-corrected chi connectivity index (χ4v) is 12.2. The number of aliphatic hydroxyl groups excluding tert-OH is 1. The second kappa shape index (κ2) is 14.2. The predicted molar refractivity (Wildman–Crippen MR) is 209 cm³/mol. The van der Waals surface area contributed by atoms with E-state index in [-0.39, 0.29) is 25.0 Å². The number of benzene rings is 3. The van der Waals surface area contributed by atoms with Gasteiger partial charge in [0.15, 0.2) is 5.60 Å². The lowest BCUT2D eigenvalue weighted by Gasteiger charge is -2.39. The summed E-state index contributed by atoms with van der Waals surface area (Å²) in [6.07, 6.45) is 3.55. The largest absolute Gasteiger partial charge is 0.396 e. The number of aliphatic hydroxyl groups is 1. The molecule has 8 rings (SSSR count). The van der Waals surface area contributed by atoms with Crippen LogP contribution in [0, 0.1) is 5.92 Å². The number of aryl methyl sites for hydroxylation is 1. The quantitative estimate of drug-likeness (QED) is 0.153. The molecule has 3 fully saturated rings. The number of hydrogen-bond donors (Lipinski definition) is 2. The lowest BCUT2D eigenvalue weighted by atomic mass is 9.82. The monoisotopic (exact) mass is 771 g/mol. The fraction of sp³-hybridized carbons (Fsp3) is 0.450. The van der Waals surface area contributed by atoms with Crippen LogP contribution in [0.3, 0.4) is 0 Å². The Labute approximate surface area is 321 Å². The first-order chi connectivity index (χ1) is 26.0. The Kier molecular flexibility index (Phi) is 9.66. The number of aromatic nitrogens is 3. The zero-order chi connectivity index (χ0) is 37.8. The second-order valence-electron chi connectivity index (χ2n) is 15.6. The van der Waals surface area contributed by atoms with E-state index in [1.54, 1.807) is 41.0 Å². The molecule has 11 nitrogen and oxygen atoms in total. The normalized spacial score (nSPS) is 25.1. The number of nitrogens with one attached hydrogen (secondary N) is 1. The molecule has 0 radical (unpaired) electrons. The molecule has 4 aliphatic heterocycles. The van der Waals surface area contributed by atoms with Gasteiger partial charge in [0.2, 0.25) is 8.41 Å². The van der Waals surface area contributed by atoms with Crippen molar-refractivity contribution in [1.29, 1.82) is 0 Å². The molecule has 14 heteroatoms. The van der Waals surface area contributed by atoms with Gasteiger partial charge in [-0.05, 0) is 93.5 Å². The van der Waals surface area contributed by atoms with E-state index in [1.165, 1.54) is 0 Å². The minimum atomic E-state index is -3.36. The van der Waals surface area contributed by atoms with Gasteiger partial charge in [0.05, 0.1) is 30.7 Å². The molecule has 3 saturated heterocycles. The molecule has 2 amide bonds. The number of halogens is 2. The number of fused-ring (bicyclic) bond motifs is 2. The maximum Gasteiger partial charge on any atom is 0.264 e. The van der Waals surface area contributed by atoms with Crippen molar-refractivity contribution in [2.45, 2.75) is 81.6 Å². The van der Waals surface area contributed by atoms with Gasteiger partial charge in [-0.1, -0.05) is 54.1 Å². The Morgan fingerprint density at radius 3 is 2.46 bits per heavy atom. The van der Waals surface area contributed by atoms with Crippen LogP contribution in [0.4, 0.5) is 21.2 Å². The van der Waals surface area contributed by atoms with Crippen molar-refractivity contribution in [2.24, 2.45) is 5.92 Å². The van der Waals surface area contributed by atoms with Crippen molar-refractivity contribution in [2.75, 3.05) is 41.1 Å². The summed E-state index contributed by atoms with van der Waals surface area (Å²) in [6.45, 7) is 8.00. The molecule has 2 N–H and O–H groups in total. The van der Waals surface area contributed by atoms with Crippen molar-refractivity contribution >= 4 is 48.9 Å². The molecule has 4 aromatic rings. The number of para-hydroxylation sites is 1. The van der Waals surface area contributed by atoms with E-state index in [1.807, 2.05) is 60.4 Å². The van der Waals surface area contributed by atoms with Gasteiger partial charge in [0.25, 0.3) is 11.8 Å². The van der Waals surface area contributed by atoms with Crippen LogP contribution in [0.1, 0.15) is 43.0 Å². The van der Waals surface area contributed by atoms with Crippen molar-refractivity contribution in [1.82, 2.24) is 20.3 Å². The SMILES string of the molecule is C[C@H]1[C@H]([Si](C)(C)F)[C@@H](CCn2cc(CCO)nn2)O[C@]12C(=O)N(Cc1ccc(N3CN(c4ccccc4)C4(CCNCC4)C3=O)cc1)c1ccc(Cl)cc12. The van der Waals surface area contributed by atoms with E-state index in [9.17, 15) is 14.7 Å². The fourth-order valence-electron chi connectivity index (χ4n) is 9.51. The maximum absolute atomic E-state index is 16.3. The van der Waals surface area contributed by atoms with Crippen molar-refractivity contribution in [3.05, 3.63) is 101 Å². The molecular formula is C40H47ClFN7O4Si. The van der Waals surface area contributed by atoms with Crippen LogP contribution in [0.2, 0.25) is 23.7 Å². The summed E-state index contributed by atoms with van der Waals surface area (Å²) in [7, 11) is -3.36. The third kappa shape index (κ3) is 6.14. The van der Waals surface area contributed by atoms with Crippen LogP contribution in [0.15, 0.2) is 79.0 Å². The van der Waals surface area contributed by atoms with E-state index in [0.717, 1.165) is 42.9 Å². The van der Waals surface area contributed by atoms with E-state index < -0.39 is 37.1 Å². The molecule has 2 spiro atoms. The standard InChI is InChI=1S/C40H47ClFN7O4Si/c1-27-36(54(2,3)42)35(15-21-46-25-30(16-22-50)44-45-46)53-40(27)33-23-29(41)11-14-34(33)47(38(40)52)24-28-9-12-31(13-10-28)48-26-49(32-7-5-4-6-8-32)39(37(48)51)17-19-43-20-18-39/h4-14,23,25,27,35-36,43,50H,15-22,24,26H2,1-3H3/t27-,35+,36-,40+/m0/s1. The van der Waals surface area contributed by atoms with Gasteiger partial charge in [-0.3, -0.25) is 19.2 Å². The molecule has 0 bridgehead atoms. The van der Waals surface area contributed by atoms with Crippen LogP contribution >= 0.6 is 11.6 Å². The average Bonchev–Trinajstić information content (AvgIpc) is 3.88. The highest BCUT2D eigenvalue weighted by Crippen LogP contribution is 2.60. The molecule has 5 heterocycles. The first-order valence-electron chi connectivity index (χ1n) is 18.9. The zero-order valence-corrected chi connectivity index (χ0v) is 32.7. The Bertz CT molecular complexity index is 2020. The molecule has 1 aromatic heterocycles. The van der Waals surface area contributed by atoms with E-state index in [4.69, 9.17) is 16.3 Å². The first-order valence-corrected chi connectivity index (χ1v) is 22.2. The highest BCUT2D eigenvalue weighted by molar-refractivity contribution is 6.72. The zero-order valence-electron chi connectivity index (χ0n) is 30.9. The van der Waals surface area contributed by atoms with Gasteiger partial charge in [-0.15, -0.1) is 5.10 Å². The molecule has 284 valence electrons. The first kappa shape index (κ1) is 36.8. The van der Waals surface area contributed by atoms with Gasteiger partial charge in [0.1, 0.15) is 5.54 Å². The van der Waals surface area contributed by atoms with Gasteiger partial charge in [0, 0.05) is 59.2 Å². The summed E-state index contributed by atoms with van der Waals surface area (Å²) in [5, 5.41) is 21.5. The molecule has 4 aliphatic rings. The maximum atomic E-state index is 16.3. The van der Waals surface area contributed by atoms with Crippen LogP contribution in [0.25, 0.3) is 0 Å². The summed E-state index contributed by atoms with van der Waals surface area (Å²) in [6, 6.07) is 23.4. The number of rotatable bonds is 10. The molecule has 4 atom stereocenters. The number of ether oxygens (including phenoxy) is 1. The third-order valence-electron chi connectivity index (χ3n) is 12.0. The van der Waals surface area contributed by atoms with E-state index >= 15 is 4.11 Å². The lowest BCUT2D eigenvalue weighted by Crippen LogP contribution is -2.55. The highest BCUT2D eigenvalue weighted by Gasteiger charge is 2.66. The Morgan fingerprint density at radius 1 is 1.02 bits per heavy atom. The lowest BCUT2D eigenvalue weighted by molar-refractivity contribution is -0.146. The van der Waals surface area contributed by atoms with Gasteiger partial charge in [-0.2, -0.15) is 0 Å². The Hall–Kier alpha value is -4.14. The highest BCUT2D eigenvalue weighted by atomic mass is 35.5. The minimum absolute atomic E-state index is 0.0246. The summed E-state index contributed by atoms with van der Waals surface area (Å²) in [4.78, 5) is 35.0. The second-order valence-corrected chi connectivity index (χ2v) is 19.9. The van der Waals surface area contributed by atoms with Crippen LogP contribution in [0.5, 0.6) is 0 Å². The topological polar surface area (TPSA) is 116 Å². The number of piperidine rings is 1. The Morgan fingerprint density at radius 2 is 1.76 bits per heavy atom. The van der Waals surface area contributed by atoms with Gasteiger partial charge < -0.3 is 29.1 Å². The van der Waals surface area contributed by atoms with Crippen LogP contribution in [-0.4, -0.2) is 78.3 Å². The third-order valence-corrected chi connectivity index (χ3v) is 14.7. The number of anilines is 3. The minimum Gasteiger partial charge on any atom is -0.396 e. The predicted octanol–water partition coefficient (Wildman–Crippen LogP) is 5.81. The summed E-state index contributed by atoms with van der Waals surface area (Å²) < 4.78 is 24.9.